The van der Waals surface area contributed by atoms with Crippen molar-refractivity contribution in [2.24, 2.45) is 7.05 Å². The molecule has 2 rings (SSSR count). The van der Waals surface area contributed by atoms with Gasteiger partial charge in [0.15, 0.2) is 0 Å². The van der Waals surface area contributed by atoms with Gasteiger partial charge in [-0.2, -0.15) is 5.10 Å². The van der Waals surface area contributed by atoms with Crippen LogP contribution in [0.25, 0.3) is 0 Å². The van der Waals surface area contributed by atoms with Crippen molar-refractivity contribution in [1.29, 1.82) is 0 Å². The third-order valence-corrected chi connectivity index (χ3v) is 2.67. The van der Waals surface area contributed by atoms with Crippen molar-refractivity contribution < 1.29 is 9.47 Å². The normalized spacial score (nSPS) is 10.4. The van der Waals surface area contributed by atoms with E-state index < -0.39 is 0 Å². The molecule has 5 heteroatoms. The molecule has 5 nitrogen and oxygen atoms in total. The third-order valence-electron chi connectivity index (χ3n) is 2.67. The molecule has 1 N–H and O–H groups in total. The van der Waals surface area contributed by atoms with Gasteiger partial charge in [0.1, 0.15) is 12.4 Å². The topological polar surface area (TPSA) is 48.3 Å². The molecule has 0 aliphatic carbocycles. The minimum Gasteiger partial charge on any atom is -0.491 e. The Morgan fingerprint density at radius 2 is 2.00 bits per heavy atom. The SMILES string of the molecule is COCCOc1ccc(NCc2cnn(C)c2)cc1. The van der Waals surface area contributed by atoms with Crippen molar-refractivity contribution in [3.8, 4) is 5.75 Å². The molecule has 0 aliphatic heterocycles. The van der Waals surface area contributed by atoms with Crippen molar-refractivity contribution in [3.63, 3.8) is 0 Å². The molecule has 1 heterocycles. The van der Waals surface area contributed by atoms with E-state index in [1.165, 1.54) is 0 Å². The van der Waals surface area contributed by atoms with Gasteiger partial charge in [0, 0.05) is 38.1 Å². The van der Waals surface area contributed by atoms with Gasteiger partial charge in [-0.05, 0) is 24.3 Å². The summed E-state index contributed by atoms with van der Waals surface area (Å²) in [5, 5.41) is 7.46. The fourth-order valence-electron chi connectivity index (χ4n) is 1.68. The number of methoxy groups -OCH3 is 1. The van der Waals surface area contributed by atoms with Gasteiger partial charge in [-0.1, -0.05) is 0 Å². The Labute approximate surface area is 113 Å². The van der Waals surface area contributed by atoms with Crippen LogP contribution in [0.5, 0.6) is 5.75 Å². The van der Waals surface area contributed by atoms with Crippen molar-refractivity contribution in [3.05, 3.63) is 42.2 Å². The molecule has 0 amide bonds. The molecule has 1 aromatic heterocycles. The molecule has 0 spiro atoms. The molecule has 0 radical (unpaired) electrons. The molecule has 0 unspecified atom stereocenters. The lowest BCUT2D eigenvalue weighted by Gasteiger charge is -2.08. The van der Waals surface area contributed by atoms with Gasteiger partial charge >= 0.3 is 0 Å². The highest BCUT2D eigenvalue weighted by molar-refractivity contribution is 5.46. The number of rotatable bonds is 7. The maximum atomic E-state index is 5.50. The number of aryl methyl sites for hydroxylation is 1. The molecule has 2 aromatic rings. The standard InChI is InChI=1S/C14H19N3O2/c1-17-11-12(10-16-17)9-15-13-3-5-14(6-4-13)19-8-7-18-2/h3-6,10-11,15H,7-9H2,1-2H3. The Hall–Kier alpha value is -2.01. The van der Waals surface area contributed by atoms with Gasteiger partial charge in [-0.3, -0.25) is 4.68 Å². The average molecular weight is 261 g/mol. The Bertz CT molecular complexity index is 494. The molecule has 0 aliphatic rings. The first kappa shape index (κ1) is 13.4. The molecule has 0 bridgehead atoms. The summed E-state index contributed by atoms with van der Waals surface area (Å²) in [5.74, 6) is 0.851. The van der Waals surface area contributed by atoms with Crippen molar-refractivity contribution in [2.75, 3.05) is 25.6 Å². The Kier molecular flexibility index (Phi) is 4.80. The molecule has 0 saturated heterocycles. The number of hydrogen-bond acceptors (Lipinski definition) is 4. The number of benzene rings is 1. The Morgan fingerprint density at radius 3 is 2.63 bits per heavy atom. The summed E-state index contributed by atoms with van der Waals surface area (Å²) >= 11 is 0. The summed E-state index contributed by atoms with van der Waals surface area (Å²) in [4.78, 5) is 0. The Balaban J connectivity index is 1.81. The van der Waals surface area contributed by atoms with E-state index in [4.69, 9.17) is 9.47 Å². The van der Waals surface area contributed by atoms with E-state index in [1.807, 2.05) is 43.7 Å². The molecule has 0 saturated carbocycles. The zero-order chi connectivity index (χ0) is 13.5. The fraction of sp³-hybridized carbons (Fsp3) is 0.357. The number of ether oxygens (including phenoxy) is 2. The van der Waals surface area contributed by atoms with Crippen LogP contribution in [0.15, 0.2) is 36.7 Å². The van der Waals surface area contributed by atoms with Crippen LogP contribution < -0.4 is 10.1 Å². The van der Waals surface area contributed by atoms with Gasteiger partial charge in [0.25, 0.3) is 0 Å². The summed E-state index contributed by atoms with van der Waals surface area (Å²) in [5.41, 5.74) is 2.21. The second-order valence-electron chi connectivity index (χ2n) is 4.24. The summed E-state index contributed by atoms with van der Waals surface area (Å²) < 4.78 is 12.2. The molecule has 102 valence electrons. The smallest absolute Gasteiger partial charge is 0.119 e. The van der Waals surface area contributed by atoms with Gasteiger partial charge in [-0.15, -0.1) is 0 Å². The van der Waals surface area contributed by atoms with Crippen LogP contribution in [-0.4, -0.2) is 30.1 Å². The quantitative estimate of drug-likeness (QED) is 0.775. The highest BCUT2D eigenvalue weighted by atomic mass is 16.5. The lowest BCUT2D eigenvalue weighted by atomic mass is 10.3. The number of nitrogens with zero attached hydrogens (tertiary/aromatic N) is 2. The maximum Gasteiger partial charge on any atom is 0.119 e. The van der Waals surface area contributed by atoms with Gasteiger partial charge < -0.3 is 14.8 Å². The van der Waals surface area contributed by atoms with Gasteiger partial charge in [0.05, 0.1) is 12.8 Å². The van der Waals surface area contributed by atoms with Crippen molar-refractivity contribution in [1.82, 2.24) is 9.78 Å². The summed E-state index contributed by atoms with van der Waals surface area (Å²) in [6, 6.07) is 7.89. The van der Waals surface area contributed by atoms with Crippen molar-refractivity contribution >= 4 is 5.69 Å². The average Bonchev–Trinajstić information content (AvgIpc) is 2.84. The first-order valence-corrected chi connectivity index (χ1v) is 6.21. The number of hydrogen-bond donors (Lipinski definition) is 1. The predicted molar refractivity (Wildman–Crippen MR) is 74.3 cm³/mol. The first-order chi connectivity index (χ1) is 9.28. The number of anilines is 1. The molecular weight excluding hydrogens is 242 g/mol. The van der Waals surface area contributed by atoms with Crippen LogP contribution in [0.1, 0.15) is 5.56 Å². The first-order valence-electron chi connectivity index (χ1n) is 6.21. The lowest BCUT2D eigenvalue weighted by molar-refractivity contribution is 0.146. The maximum absolute atomic E-state index is 5.50. The van der Waals surface area contributed by atoms with Gasteiger partial charge in [0.2, 0.25) is 0 Å². The van der Waals surface area contributed by atoms with Crippen LogP contribution in [0.4, 0.5) is 5.69 Å². The zero-order valence-corrected chi connectivity index (χ0v) is 11.3. The van der Waals surface area contributed by atoms with Crippen LogP contribution >= 0.6 is 0 Å². The third kappa shape index (κ3) is 4.30. The highest BCUT2D eigenvalue weighted by Gasteiger charge is 1.98. The number of nitrogens with one attached hydrogen (secondary N) is 1. The lowest BCUT2D eigenvalue weighted by Crippen LogP contribution is -2.04. The van der Waals surface area contributed by atoms with Crippen LogP contribution in [0.2, 0.25) is 0 Å². The van der Waals surface area contributed by atoms with Crippen LogP contribution in [0.3, 0.4) is 0 Å². The van der Waals surface area contributed by atoms with E-state index in [0.29, 0.717) is 13.2 Å². The molecule has 0 fully saturated rings. The van der Waals surface area contributed by atoms with Crippen LogP contribution in [0, 0.1) is 0 Å². The monoisotopic (exact) mass is 261 g/mol. The van der Waals surface area contributed by atoms with E-state index in [-0.39, 0.29) is 0 Å². The minimum absolute atomic E-state index is 0.568. The fourth-order valence-corrected chi connectivity index (χ4v) is 1.68. The molecule has 1 aromatic carbocycles. The minimum atomic E-state index is 0.568. The second-order valence-corrected chi connectivity index (χ2v) is 4.24. The largest absolute Gasteiger partial charge is 0.491 e. The molecular formula is C14H19N3O2. The van der Waals surface area contributed by atoms with E-state index >= 15 is 0 Å². The summed E-state index contributed by atoms with van der Waals surface area (Å²) in [6.45, 7) is 1.93. The van der Waals surface area contributed by atoms with Crippen molar-refractivity contribution in [2.45, 2.75) is 6.54 Å². The summed E-state index contributed by atoms with van der Waals surface area (Å²) in [7, 11) is 3.57. The van der Waals surface area contributed by atoms with E-state index in [9.17, 15) is 0 Å². The number of aromatic nitrogens is 2. The van der Waals surface area contributed by atoms with E-state index in [0.717, 1.165) is 23.5 Å². The zero-order valence-electron chi connectivity index (χ0n) is 11.3. The molecule has 19 heavy (non-hydrogen) atoms. The Morgan fingerprint density at radius 1 is 1.21 bits per heavy atom. The van der Waals surface area contributed by atoms with Gasteiger partial charge in [-0.25, -0.2) is 0 Å². The highest BCUT2D eigenvalue weighted by Crippen LogP contribution is 2.16. The van der Waals surface area contributed by atoms with Crippen LogP contribution in [-0.2, 0) is 18.3 Å². The van der Waals surface area contributed by atoms with E-state index in [2.05, 4.69) is 10.4 Å². The molecule has 0 atom stereocenters. The van der Waals surface area contributed by atoms with E-state index in [1.54, 1.807) is 11.8 Å². The second kappa shape index (κ2) is 6.80. The summed E-state index contributed by atoms with van der Waals surface area (Å²) in [6.07, 6.45) is 3.85. The predicted octanol–water partition coefficient (Wildman–Crippen LogP) is 2.06.